The topological polar surface area (TPSA) is 109 Å². The fourth-order valence-corrected chi connectivity index (χ4v) is 5.53. The fraction of sp³-hybridized carbons (Fsp3) is 0.172. The molecule has 11 heteroatoms. The predicted molar refractivity (Wildman–Crippen MR) is 155 cm³/mol. The molecule has 1 heterocycles. The minimum Gasteiger partial charge on any atom is -0.467 e. The van der Waals surface area contributed by atoms with E-state index in [1.165, 1.54) is 30.2 Å². The van der Waals surface area contributed by atoms with Crippen molar-refractivity contribution >= 4 is 50.7 Å². The molecule has 0 radical (unpaired) electrons. The third-order valence-electron chi connectivity index (χ3n) is 6.01. The molecule has 2 N–H and O–H groups in total. The van der Waals surface area contributed by atoms with Gasteiger partial charge < -0.3 is 14.6 Å². The molecule has 0 aliphatic heterocycles. The van der Waals surface area contributed by atoms with Crippen LogP contribution >= 0.6 is 23.2 Å². The summed E-state index contributed by atoms with van der Waals surface area (Å²) in [5.74, 6) is 0.0623. The Kier molecular flexibility index (Phi) is 9.52. The maximum absolute atomic E-state index is 13.5. The van der Waals surface area contributed by atoms with Crippen molar-refractivity contribution in [3.8, 4) is 0 Å². The summed E-state index contributed by atoms with van der Waals surface area (Å²) in [6, 6.07) is 21.3. The maximum atomic E-state index is 13.5. The van der Waals surface area contributed by atoms with Gasteiger partial charge >= 0.3 is 0 Å². The van der Waals surface area contributed by atoms with Gasteiger partial charge in [-0.2, -0.15) is 0 Å². The first-order chi connectivity index (χ1) is 19.1. The van der Waals surface area contributed by atoms with Gasteiger partial charge in [0.05, 0.1) is 34.0 Å². The number of benzene rings is 3. The van der Waals surface area contributed by atoms with E-state index in [0.29, 0.717) is 39.9 Å². The quantitative estimate of drug-likeness (QED) is 0.223. The van der Waals surface area contributed by atoms with Crippen molar-refractivity contribution < 1.29 is 22.4 Å². The number of anilines is 1. The van der Waals surface area contributed by atoms with Crippen LogP contribution in [0.2, 0.25) is 10.0 Å². The van der Waals surface area contributed by atoms with Gasteiger partial charge in [0.1, 0.15) is 5.76 Å². The second-order valence-corrected chi connectivity index (χ2v) is 11.5. The van der Waals surface area contributed by atoms with Crippen LogP contribution in [0.15, 0.2) is 94.4 Å². The summed E-state index contributed by atoms with van der Waals surface area (Å²) in [4.78, 5) is 26.2. The molecule has 40 heavy (non-hydrogen) atoms. The molecule has 4 aromatic rings. The molecule has 1 aromatic heterocycles. The number of hydrogen-bond donors (Lipinski definition) is 2. The molecule has 2 amide bonds. The van der Waals surface area contributed by atoms with Crippen LogP contribution in [0.1, 0.15) is 34.2 Å². The van der Waals surface area contributed by atoms with Crippen molar-refractivity contribution in [2.75, 3.05) is 11.3 Å². The molecule has 0 aliphatic carbocycles. The van der Waals surface area contributed by atoms with Crippen molar-refractivity contribution in [2.45, 2.75) is 31.3 Å². The number of amides is 2. The van der Waals surface area contributed by atoms with E-state index in [9.17, 15) is 18.0 Å². The number of furan rings is 1. The number of halogens is 2. The number of carbonyl (C=O) groups is 2. The highest BCUT2D eigenvalue weighted by Crippen LogP contribution is 2.27. The molecule has 0 bridgehead atoms. The second-order valence-electron chi connectivity index (χ2n) is 9.00. The number of nitrogens with zero attached hydrogens (tertiary/aromatic N) is 1. The normalized spacial score (nSPS) is 11.2. The lowest BCUT2D eigenvalue weighted by molar-refractivity contribution is -0.118. The number of nitrogens with one attached hydrogen (secondary N) is 2. The first-order valence-corrected chi connectivity index (χ1v) is 14.6. The summed E-state index contributed by atoms with van der Waals surface area (Å²) in [6.07, 6.45) is 2.08. The molecule has 208 valence electrons. The van der Waals surface area contributed by atoms with Gasteiger partial charge in [-0.05, 0) is 72.1 Å². The minimum atomic E-state index is -3.97. The van der Waals surface area contributed by atoms with E-state index in [1.807, 2.05) is 0 Å². The van der Waals surface area contributed by atoms with E-state index in [4.69, 9.17) is 27.6 Å². The number of hydrogen-bond acceptors (Lipinski definition) is 5. The minimum absolute atomic E-state index is 0.0191. The molecular weight excluding hydrogens is 573 g/mol. The Labute approximate surface area is 243 Å². The van der Waals surface area contributed by atoms with Crippen LogP contribution in [-0.4, -0.2) is 31.7 Å². The number of sulfonamides is 1. The van der Waals surface area contributed by atoms with Gasteiger partial charge in [-0.3, -0.25) is 14.3 Å². The van der Waals surface area contributed by atoms with E-state index < -0.39 is 10.0 Å². The van der Waals surface area contributed by atoms with E-state index in [1.54, 1.807) is 66.7 Å². The van der Waals surface area contributed by atoms with Gasteiger partial charge in [0.25, 0.3) is 15.9 Å². The van der Waals surface area contributed by atoms with E-state index in [2.05, 4.69) is 10.0 Å². The highest BCUT2D eigenvalue weighted by molar-refractivity contribution is 7.92. The largest absolute Gasteiger partial charge is 0.467 e. The molecule has 0 saturated carbocycles. The fourth-order valence-electron chi connectivity index (χ4n) is 4.02. The van der Waals surface area contributed by atoms with Crippen LogP contribution < -0.4 is 10.0 Å². The smallest absolute Gasteiger partial charge is 0.261 e. The van der Waals surface area contributed by atoms with Gasteiger partial charge in [-0.15, -0.1) is 0 Å². The van der Waals surface area contributed by atoms with Gasteiger partial charge in [-0.25, -0.2) is 8.42 Å². The molecule has 0 aliphatic rings. The van der Waals surface area contributed by atoms with Crippen molar-refractivity contribution in [1.82, 2.24) is 10.2 Å². The Bertz CT molecular complexity index is 1590. The summed E-state index contributed by atoms with van der Waals surface area (Å²) in [5, 5.41) is 3.39. The molecule has 0 fully saturated rings. The summed E-state index contributed by atoms with van der Waals surface area (Å²) in [7, 11) is -3.97. The zero-order chi connectivity index (χ0) is 28.7. The molecule has 4 rings (SSSR count). The van der Waals surface area contributed by atoms with Crippen LogP contribution in [-0.2, 0) is 34.3 Å². The number of rotatable bonds is 11. The van der Waals surface area contributed by atoms with Gasteiger partial charge in [0.15, 0.2) is 0 Å². The first-order valence-electron chi connectivity index (χ1n) is 12.3. The first kappa shape index (κ1) is 29.2. The third-order valence-corrected chi connectivity index (χ3v) is 7.96. The Hall–Kier alpha value is -3.79. The average Bonchev–Trinajstić information content (AvgIpc) is 3.43. The van der Waals surface area contributed by atoms with E-state index in [0.717, 1.165) is 5.56 Å². The van der Waals surface area contributed by atoms with Crippen molar-refractivity contribution in [3.05, 3.63) is 118 Å². The summed E-state index contributed by atoms with van der Waals surface area (Å²) in [6.45, 7) is 2.03. The van der Waals surface area contributed by atoms with Gasteiger partial charge in [0.2, 0.25) is 5.91 Å². The van der Waals surface area contributed by atoms with Crippen LogP contribution in [0.3, 0.4) is 0 Å². The molecular formula is C29H27Cl2N3O5S. The van der Waals surface area contributed by atoms with Gasteiger partial charge in [-0.1, -0.05) is 47.5 Å². The molecule has 0 spiro atoms. The van der Waals surface area contributed by atoms with Crippen LogP contribution in [0.4, 0.5) is 5.69 Å². The Morgan fingerprint density at radius 1 is 0.925 bits per heavy atom. The molecule has 0 unspecified atom stereocenters. The van der Waals surface area contributed by atoms with Crippen LogP contribution in [0.25, 0.3) is 0 Å². The standard InChI is InChI=1S/C29H27Cl2N3O5S/c1-20(35)32-15-14-21-8-11-25(12-9-21)40(37,38)33-28-13-10-23(30)17-22(28)18-34(19-24-5-4-16-39-24)29(36)26-6-2-3-7-27(26)31/h2-13,16-17,33H,14-15,18-19H2,1H3,(H,32,35). The Balaban J connectivity index is 1.59. The average molecular weight is 601 g/mol. The summed E-state index contributed by atoms with van der Waals surface area (Å²) < 4.78 is 34.7. The highest BCUT2D eigenvalue weighted by Gasteiger charge is 2.23. The Morgan fingerprint density at radius 3 is 2.35 bits per heavy atom. The highest BCUT2D eigenvalue weighted by atomic mass is 35.5. The molecule has 8 nitrogen and oxygen atoms in total. The zero-order valence-electron chi connectivity index (χ0n) is 21.6. The lowest BCUT2D eigenvalue weighted by Crippen LogP contribution is -2.30. The maximum Gasteiger partial charge on any atom is 0.261 e. The van der Waals surface area contributed by atoms with Crippen molar-refractivity contribution in [2.24, 2.45) is 0 Å². The number of carbonyl (C=O) groups excluding carboxylic acids is 2. The molecule has 0 atom stereocenters. The Morgan fingerprint density at radius 2 is 1.68 bits per heavy atom. The monoisotopic (exact) mass is 599 g/mol. The van der Waals surface area contributed by atoms with Crippen LogP contribution in [0, 0.1) is 0 Å². The predicted octanol–water partition coefficient (Wildman–Crippen LogP) is 5.91. The molecule has 0 saturated heterocycles. The summed E-state index contributed by atoms with van der Waals surface area (Å²) in [5.41, 5.74) is 1.94. The van der Waals surface area contributed by atoms with Gasteiger partial charge in [0, 0.05) is 25.0 Å². The van der Waals surface area contributed by atoms with Crippen LogP contribution in [0.5, 0.6) is 0 Å². The lowest BCUT2D eigenvalue weighted by Gasteiger charge is -2.24. The van der Waals surface area contributed by atoms with E-state index >= 15 is 0 Å². The van der Waals surface area contributed by atoms with E-state index in [-0.39, 0.29) is 35.5 Å². The van der Waals surface area contributed by atoms with Crippen molar-refractivity contribution in [1.29, 1.82) is 0 Å². The third kappa shape index (κ3) is 7.65. The second kappa shape index (κ2) is 13.0. The van der Waals surface area contributed by atoms with Crippen molar-refractivity contribution in [3.63, 3.8) is 0 Å². The summed E-state index contributed by atoms with van der Waals surface area (Å²) >= 11 is 12.6. The SMILES string of the molecule is CC(=O)NCCc1ccc(S(=O)(=O)Nc2ccc(Cl)cc2CN(Cc2ccco2)C(=O)c2ccccc2Cl)cc1. The lowest BCUT2D eigenvalue weighted by atomic mass is 10.1. The molecule has 3 aromatic carbocycles. The zero-order valence-corrected chi connectivity index (χ0v) is 23.9.